The zero-order valence-corrected chi connectivity index (χ0v) is 9.56. The third-order valence-electron chi connectivity index (χ3n) is 3.35. The van der Waals surface area contributed by atoms with E-state index in [4.69, 9.17) is 5.73 Å². The van der Waals surface area contributed by atoms with Crippen LogP contribution < -0.4 is 11.1 Å². The standard InChI is InChI=1S/C14H15N3/c15-13-9-16-6-5-14(13)17-8-11-7-10-3-1-2-4-12(10)11/h1-6,9,11H,7-8,15H2,(H,16,17). The Labute approximate surface area is 101 Å². The van der Waals surface area contributed by atoms with Gasteiger partial charge in [-0.3, -0.25) is 4.98 Å². The summed E-state index contributed by atoms with van der Waals surface area (Å²) in [5, 5.41) is 3.39. The van der Waals surface area contributed by atoms with Gasteiger partial charge in [-0.15, -0.1) is 0 Å². The number of pyridine rings is 1. The molecule has 0 bridgehead atoms. The van der Waals surface area contributed by atoms with Gasteiger partial charge in [-0.1, -0.05) is 24.3 Å². The van der Waals surface area contributed by atoms with Crippen molar-refractivity contribution in [3.05, 3.63) is 53.9 Å². The fraction of sp³-hybridized carbons (Fsp3) is 0.214. The van der Waals surface area contributed by atoms with E-state index in [0.717, 1.165) is 18.7 Å². The monoisotopic (exact) mass is 225 g/mol. The highest BCUT2D eigenvalue weighted by Crippen LogP contribution is 2.34. The maximum Gasteiger partial charge on any atom is 0.0736 e. The molecule has 1 unspecified atom stereocenters. The molecule has 0 radical (unpaired) electrons. The molecule has 1 aliphatic carbocycles. The largest absolute Gasteiger partial charge is 0.396 e. The highest BCUT2D eigenvalue weighted by atomic mass is 14.9. The maximum absolute atomic E-state index is 5.84. The van der Waals surface area contributed by atoms with Gasteiger partial charge in [-0.05, 0) is 23.6 Å². The molecule has 1 aromatic heterocycles. The molecule has 0 fully saturated rings. The number of hydrogen-bond donors (Lipinski definition) is 2. The summed E-state index contributed by atoms with van der Waals surface area (Å²) in [6.45, 7) is 0.936. The van der Waals surface area contributed by atoms with Crippen LogP contribution in [0.4, 0.5) is 11.4 Å². The predicted molar refractivity (Wildman–Crippen MR) is 70.0 cm³/mol. The number of aromatic nitrogens is 1. The summed E-state index contributed by atoms with van der Waals surface area (Å²) in [5.41, 5.74) is 10.5. The number of nitrogens with two attached hydrogens (primary N) is 1. The predicted octanol–water partition coefficient (Wildman–Crippen LogP) is 2.42. The van der Waals surface area contributed by atoms with Gasteiger partial charge in [0.05, 0.1) is 17.6 Å². The number of benzene rings is 1. The van der Waals surface area contributed by atoms with Crippen molar-refractivity contribution in [3.63, 3.8) is 0 Å². The number of anilines is 2. The molecule has 17 heavy (non-hydrogen) atoms. The van der Waals surface area contributed by atoms with Gasteiger partial charge in [-0.25, -0.2) is 0 Å². The third kappa shape index (κ3) is 1.84. The van der Waals surface area contributed by atoms with E-state index >= 15 is 0 Å². The van der Waals surface area contributed by atoms with Crippen molar-refractivity contribution in [3.8, 4) is 0 Å². The molecule has 1 aromatic carbocycles. The first-order chi connectivity index (χ1) is 8.34. The van der Waals surface area contributed by atoms with Crippen LogP contribution in [0.5, 0.6) is 0 Å². The number of nitrogens with zero attached hydrogens (tertiary/aromatic N) is 1. The summed E-state index contributed by atoms with van der Waals surface area (Å²) < 4.78 is 0. The normalized spacial score (nSPS) is 17.1. The molecule has 3 N–H and O–H groups in total. The molecule has 0 saturated carbocycles. The average molecular weight is 225 g/mol. The summed E-state index contributed by atoms with van der Waals surface area (Å²) in [7, 11) is 0. The van der Waals surface area contributed by atoms with Gasteiger partial charge in [0.1, 0.15) is 0 Å². The van der Waals surface area contributed by atoms with E-state index in [-0.39, 0.29) is 0 Å². The summed E-state index contributed by atoms with van der Waals surface area (Å²) >= 11 is 0. The molecule has 1 aliphatic rings. The van der Waals surface area contributed by atoms with Crippen LogP contribution in [0.3, 0.4) is 0 Å². The second kappa shape index (κ2) is 4.09. The minimum atomic E-state index is 0.610. The summed E-state index contributed by atoms with van der Waals surface area (Å²) in [6, 6.07) is 10.5. The molecule has 86 valence electrons. The minimum Gasteiger partial charge on any atom is -0.396 e. The van der Waals surface area contributed by atoms with Crippen molar-refractivity contribution < 1.29 is 0 Å². The zero-order chi connectivity index (χ0) is 11.7. The van der Waals surface area contributed by atoms with Crippen LogP contribution in [0.25, 0.3) is 0 Å². The Morgan fingerprint density at radius 1 is 1.29 bits per heavy atom. The Kier molecular flexibility index (Phi) is 2.44. The molecule has 0 aliphatic heterocycles. The van der Waals surface area contributed by atoms with E-state index in [1.54, 1.807) is 12.4 Å². The van der Waals surface area contributed by atoms with E-state index < -0.39 is 0 Å². The Hall–Kier alpha value is -2.03. The first-order valence-corrected chi connectivity index (χ1v) is 5.86. The van der Waals surface area contributed by atoms with Crippen LogP contribution in [-0.4, -0.2) is 11.5 Å². The molecule has 1 heterocycles. The molecule has 2 aromatic rings. The van der Waals surface area contributed by atoms with Gasteiger partial charge in [0.25, 0.3) is 0 Å². The summed E-state index contributed by atoms with van der Waals surface area (Å²) in [5.74, 6) is 0.610. The van der Waals surface area contributed by atoms with E-state index in [2.05, 4.69) is 34.6 Å². The molecule has 3 nitrogen and oxygen atoms in total. The SMILES string of the molecule is Nc1cnccc1NCC1Cc2ccccc21. The molecule has 0 spiro atoms. The first-order valence-electron chi connectivity index (χ1n) is 5.86. The lowest BCUT2D eigenvalue weighted by molar-refractivity contribution is 0.636. The number of hydrogen-bond acceptors (Lipinski definition) is 3. The Balaban J connectivity index is 1.66. The van der Waals surface area contributed by atoms with E-state index in [0.29, 0.717) is 11.6 Å². The zero-order valence-electron chi connectivity index (χ0n) is 9.56. The Morgan fingerprint density at radius 2 is 2.18 bits per heavy atom. The average Bonchev–Trinajstić information content (AvgIpc) is 2.32. The van der Waals surface area contributed by atoms with Crippen LogP contribution in [0.15, 0.2) is 42.7 Å². The lowest BCUT2D eigenvalue weighted by atomic mass is 9.77. The molecule has 0 amide bonds. The number of fused-ring (bicyclic) bond motifs is 1. The van der Waals surface area contributed by atoms with Crippen LogP contribution in [0, 0.1) is 0 Å². The van der Waals surface area contributed by atoms with Crippen LogP contribution in [-0.2, 0) is 6.42 Å². The Bertz CT molecular complexity index is 536. The quantitative estimate of drug-likeness (QED) is 0.843. The summed E-state index contributed by atoms with van der Waals surface area (Å²) in [6.07, 6.45) is 4.60. The number of rotatable bonds is 3. The Morgan fingerprint density at radius 3 is 3.00 bits per heavy atom. The van der Waals surface area contributed by atoms with E-state index in [9.17, 15) is 0 Å². The van der Waals surface area contributed by atoms with Crippen molar-refractivity contribution in [2.24, 2.45) is 0 Å². The maximum atomic E-state index is 5.84. The van der Waals surface area contributed by atoms with Gasteiger partial charge < -0.3 is 11.1 Å². The highest BCUT2D eigenvalue weighted by molar-refractivity contribution is 5.64. The van der Waals surface area contributed by atoms with Crippen molar-refractivity contribution in [2.45, 2.75) is 12.3 Å². The molecular formula is C14H15N3. The van der Waals surface area contributed by atoms with Gasteiger partial charge in [-0.2, -0.15) is 0 Å². The fourth-order valence-electron chi connectivity index (χ4n) is 2.35. The van der Waals surface area contributed by atoms with E-state index in [1.807, 2.05) is 6.07 Å². The van der Waals surface area contributed by atoms with Crippen LogP contribution >= 0.6 is 0 Å². The third-order valence-corrected chi connectivity index (χ3v) is 3.35. The summed E-state index contributed by atoms with van der Waals surface area (Å²) in [4.78, 5) is 3.98. The van der Waals surface area contributed by atoms with E-state index in [1.165, 1.54) is 11.1 Å². The molecule has 1 atom stereocenters. The first kappa shape index (κ1) is 10.1. The fourth-order valence-corrected chi connectivity index (χ4v) is 2.35. The topological polar surface area (TPSA) is 50.9 Å². The van der Waals surface area contributed by atoms with Crippen LogP contribution in [0.1, 0.15) is 17.0 Å². The lowest BCUT2D eigenvalue weighted by Crippen LogP contribution is -2.24. The van der Waals surface area contributed by atoms with Gasteiger partial charge in [0.15, 0.2) is 0 Å². The van der Waals surface area contributed by atoms with Crippen molar-refractivity contribution in [1.82, 2.24) is 4.98 Å². The molecule has 3 heteroatoms. The van der Waals surface area contributed by atoms with Crippen molar-refractivity contribution in [1.29, 1.82) is 0 Å². The van der Waals surface area contributed by atoms with Gasteiger partial charge in [0, 0.05) is 18.7 Å². The van der Waals surface area contributed by atoms with Crippen LogP contribution in [0.2, 0.25) is 0 Å². The smallest absolute Gasteiger partial charge is 0.0736 e. The number of nitrogen functional groups attached to an aromatic ring is 1. The second-order valence-corrected chi connectivity index (χ2v) is 4.44. The van der Waals surface area contributed by atoms with Gasteiger partial charge >= 0.3 is 0 Å². The van der Waals surface area contributed by atoms with Crippen molar-refractivity contribution >= 4 is 11.4 Å². The molecule has 3 rings (SSSR count). The minimum absolute atomic E-state index is 0.610. The number of nitrogens with one attached hydrogen (secondary N) is 1. The molecule has 0 saturated heterocycles. The second-order valence-electron chi connectivity index (χ2n) is 4.44. The van der Waals surface area contributed by atoms with Gasteiger partial charge in [0.2, 0.25) is 0 Å². The highest BCUT2D eigenvalue weighted by Gasteiger charge is 2.24. The van der Waals surface area contributed by atoms with Crippen molar-refractivity contribution in [2.75, 3.05) is 17.6 Å². The molecular weight excluding hydrogens is 210 g/mol. The lowest BCUT2D eigenvalue weighted by Gasteiger charge is -2.30.